The summed E-state index contributed by atoms with van der Waals surface area (Å²) in [5.41, 5.74) is -0.171. The quantitative estimate of drug-likeness (QED) is 0.535. The van der Waals surface area contributed by atoms with Crippen LogP contribution in [0.25, 0.3) is 0 Å². The summed E-state index contributed by atoms with van der Waals surface area (Å²) in [6.45, 7) is 5.72. The van der Waals surface area contributed by atoms with E-state index in [1.807, 2.05) is 32.4 Å². The zero-order chi connectivity index (χ0) is 12.0. The molecule has 0 spiro atoms. The lowest BCUT2D eigenvalue weighted by Gasteiger charge is -2.16. The second-order valence-corrected chi connectivity index (χ2v) is 3.99. The van der Waals surface area contributed by atoms with Gasteiger partial charge in [-0.05, 0) is 25.8 Å². The van der Waals surface area contributed by atoms with E-state index in [0.29, 0.717) is 0 Å². The van der Waals surface area contributed by atoms with Gasteiger partial charge in [0.2, 0.25) is 0 Å². The lowest BCUT2D eigenvalue weighted by Crippen LogP contribution is -2.57. The molecule has 0 aromatic carbocycles. The minimum atomic E-state index is -2.16. The molecule has 0 aliphatic heterocycles. The van der Waals surface area contributed by atoms with E-state index in [4.69, 9.17) is 4.11 Å². The van der Waals surface area contributed by atoms with Gasteiger partial charge in [0, 0.05) is 17.9 Å². The molecule has 0 atom stereocenters. The predicted molar refractivity (Wildman–Crippen MR) is 47.9 cm³/mol. The van der Waals surface area contributed by atoms with Crippen molar-refractivity contribution in [1.29, 1.82) is 0 Å². The standard InChI is InChI=1S/C9H18N3/c1-7-10-8(2)12(11(7)6)9(3,4)5/h1-6H3/q+1/i1D3. The molecule has 0 aliphatic rings. The summed E-state index contributed by atoms with van der Waals surface area (Å²) in [4.78, 5) is 4.11. The van der Waals surface area contributed by atoms with Crippen molar-refractivity contribution in [3.63, 3.8) is 0 Å². The molecule has 0 radical (unpaired) electrons. The SMILES string of the molecule is [2H]C([2H])([2H])c1nc(C)[n+](C(C)(C)C)n1C. The van der Waals surface area contributed by atoms with Crippen molar-refractivity contribution >= 4 is 0 Å². The van der Waals surface area contributed by atoms with E-state index in [1.165, 1.54) is 0 Å². The molecule has 0 bridgehead atoms. The van der Waals surface area contributed by atoms with Crippen LogP contribution in [0.2, 0.25) is 0 Å². The third kappa shape index (κ3) is 1.36. The van der Waals surface area contributed by atoms with Crippen LogP contribution in [-0.2, 0) is 12.6 Å². The van der Waals surface area contributed by atoms with Crippen LogP contribution < -0.4 is 4.68 Å². The Morgan fingerprint density at radius 1 is 1.50 bits per heavy atom. The van der Waals surface area contributed by atoms with E-state index in [2.05, 4.69) is 4.98 Å². The first-order chi connectivity index (χ1) is 6.55. The van der Waals surface area contributed by atoms with Crippen molar-refractivity contribution < 1.29 is 8.79 Å². The monoisotopic (exact) mass is 171 g/mol. The van der Waals surface area contributed by atoms with Gasteiger partial charge in [-0.1, -0.05) is 0 Å². The zero-order valence-electron chi connectivity index (χ0n) is 11.3. The number of hydrogen-bond donors (Lipinski definition) is 0. The Morgan fingerprint density at radius 3 is 2.33 bits per heavy atom. The maximum Gasteiger partial charge on any atom is 0.316 e. The molecular weight excluding hydrogens is 150 g/mol. The van der Waals surface area contributed by atoms with E-state index in [9.17, 15) is 0 Å². The lowest BCUT2D eigenvalue weighted by molar-refractivity contribution is -0.829. The molecule has 0 unspecified atom stereocenters. The summed E-state index contributed by atoms with van der Waals surface area (Å²) in [5.74, 6) is 0.853. The largest absolute Gasteiger partial charge is 0.316 e. The van der Waals surface area contributed by atoms with Crippen molar-refractivity contribution in [2.75, 3.05) is 0 Å². The summed E-state index contributed by atoms with van der Waals surface area (Å²) in [7, 11) is 1.73. The van der Waals surface area contributed by atoms with Gasteiger partial charge in [-0.25, -0.2) is 0 Å². The highest BCUT2D eigenvalue weighted by atomic mass is 15.5. The van der Waals surface area contributed by atoms with Gasteiger partial charge in [0.15, 0.2) is 0 Å². The molecule has 3 heteroatoms. The smallest absolute Gasteiger partial charge is 0.181 e. The van der Waals surface area contributed by atoms with E-state index < -0.39 is 6.85 Å². The number of aromatic nitrogens is 3. The van der Waals surface area contributed by atoms with Crippen molar-refractivity contribution in [2.24, 2.45) is 7.05 Å². The Kier molecular flexibility index (Phi) is 1.23. The van der Waals surface area contributed by atoms with E-state index in [1.54, 1.807) is 11.7 Å². The summed E-state index contributed by atoms with van der Waals surface area (Å²) in [6.07, 6.45) is 0. The Hall–Kier alpha value is -0.860. The Morgan fingerprint density at radius 2 is 2.08 bits per heavy atom. The van der Waals surface area contributed by atoms with Crippen LogP contribution in [0, 0.1) is 13.8 Å². The minimum absolute atomic E-state index is 0.134. The van der Waals surface area contributed by atoms with Crippen LogP contribution in [0.15, 0.2) is 0 Å². The fourth-order valence-corrected chi connectivity index (χ4v) is 1.52. The average Bonchev–Trinajstić information content (AvgIpc) is 2.22. The predicted octanol–water partition coefficient (Wildman–Crippen LogP) is 1.08. The van der Waals surface area contributed by atoms with Gasteiger partial charge >= 0.3 is 5.82 Å². The molecule has 1 heterocycles. The molecule has 0 saturated heterocycles. The molecule has 0 amide bonds. The molecule has 68 valence electrons. The summed E-state index contributed by atoms with van der Waals surface area (Å²) in [5, 5.41) is 0. The molecule has 0 fully saturated rings. The molecule has 12 heavy (non-hydrogen) atoms. The first-order valence-electron chi connectivity index (χ1n) is 5.52. The highest BCUT2D eigenvalue weighted by Crippen LogP contribution is 2.05. The van der Waals surface area contributed by atoms with Crippen LogP contribution in [0.3, 0.4) is 0 Å². The van der Waals surface area contributed by atoms with Gasteiger partial charge in [0.05, 0.1) is 7.05 Å². The number of aryl methyl sites for hydroxylation is 2. The van der Waals surface area contributed by atoms with Crippen molar-refractivity contribution in [2.45, 2.75) is 40.1 Å². The molecule has 0 aliphatic carbocycles. The van der Waals surface area contributed by atoms with E-state index in [-0.39, 0.29) is 11.4 Å². The topological polar surface area (TPSA) is 21.7 Å². The summed E-state index contributed by atoms with van der Waals surface area (Å²) < 4.78 is 25.6. The number of hydrogen-bond acceptors (Lipinski definition) is 1. The summed E-state index contributed by atoms with van der Waals surface area (Å²) >= 11 is 0. The van der Waals surface area contributed by atoms with Crippen LogP contribution in [-0.4, -0.2) is 9.67 Å². The fourth-order valence-electron chi connectivity index (χ4n) is 1.52. The molecule has 3 nitrogen and oxygen atoms in total. The van der Waals surface area contributed by atoms with Gasteiger partial charge in [-0.2, -0.15) is 4.68 Å². The average molecular weight is 171 g/mol. The second-order valence-electron chi connectivity index (χ2n) is 3.99. The maximum absolute atomic E-state index is 7.36. The molecule has 1 aromatic heterocycles. The first kappa shape index (κ1) is 5.73. The summed E-state index contributed by atoms with van der Waals surface area (Å²) in [6, 6.07) is 0. The zero-order valence-corrected chi connectivity index (χ0v) is 8.34. The van der Waals surface area contributed by atoms with Gasteiger partial charge in [-0.3, -0.25) is 0 Å². The number of nitrogens with zero attached hydrogens (tertiary/aromatic N) is 3. The molecular formula is C9H18N3+. The third-order valence-electron chi connectivity index (χ3n) is 1.82. The Labute approximate surface area is 78.2 Å². The van der Waals surface area contributed by atoms with E-state index in [0.717, 1.165) is 5.82 Å². The molecule has 1 aromatic rings. The van der Waals surface area contributed by atoms with Crippen LogP contribution in [0.4, 0.5) is 0 Å². The van der Waals surface area contributed by atoms with Crippen LogP contribution in [0.5, 0.6) is 0 Å². The maximum atomic E-state index is 7.36. The van der Waals surface area contributed by atoms with Crippen molar-refractivity contribution in [1.82, 2.24) is 9.67 Å². The second kappa shape index (κ2) is 2.57. The molecule has 1 rings (SSSR count). The van der Waals surface area contributed by atoms with Gasteiger partial charge < -0.3 is 0 Å². The highest BCUT2D eigenvalue weighted by Gasteiger charge is 2.27. The first-order valence-corrected chi connectivity index (χ1v) is 4.02. The highest BCUT2D eigenvalue weighted by molar-refractivity contribution is 4.80. The normalized spacial score (nSPS) is 16.9. The van der Waals surface area contributed by atoms with E-state index >= 15 is 0 Å². The van der Waals surface area contributed by atoms with Crippen LogP contribution >= 0.6 is 0 Å². The van der Waals surface area contributed by atoms with Gasteiger partial charge in [0.25, 0.3) is 5.82 Å². The minimum Gasteiger partial charge on any atom is -0.181 e. The Balaban J connectivity index is 3.41. The van der Waals surface area contributed by atoms with Gasteiger partial charge in [0.1, 0.15) is 5.54 Å². The van der Waals surface area contributed by atoms with Crippen LogP contribution in [0.1, 0.15) is 36.5 Å². The Bertz CT molecular complexity index is 371. The number of rotatable bonds is 0. The van der Waals surface area contributed by atoms with Crippen molar-refractivity contribution in [3.8, 4) is 0 Å². The van der Waals surface area contributed by atoms with Gasteiger partial charge in [-0.15, -0.1) is 4.68 Å². The van der Waals surface area contributed by atoms with Crippen molar-refractivity contribution in [3.05, 3.63) is 11.6 Å². The third-order valence-corrected chi connectivity index (χ3v) is 1.82. The lowest BCUT2D eigenvalue weighted by atomic mass is 10.1. The molecule has 0 N–H and O–H groups in total. The molecule has 0 saturated carbocycles. The fraction of sp³-hybridized carbons (Fsp3) is 0.778.